The Hall–Kier alpha value is -0.610. The second-order valence-corrected chi connectivity index (χ2v) is 4.93. The summed E-state index contributed by atoms with van der Waals surface area (Å²) in [4.78, 5) is 13.4. The second-order valence-electron chi connectivity index (χ2n) is 4.93. The van der Waals surface area contributed by atoms with Crippen molar-refractivity contribution in [2.75, 3.05) is 19.6 Å². The van der Waals surface area contributed by atoms with Gasteiger partial charge in [0.2, 0.25) is 5.91 Å². The molecule has 0 spiro atoms. The number of carbonyl (C=O) groups is 1. The van der Waals surface area contributed by atoms with Gasteiger partial charge in [0.05, 0.1) is 0 Å². The van der Waals surface area contributed by atoms with Gasteiger partial charge in [0.25, 0.3) is 0 Å². The predicted molar refractivity (Wildman–Crippen MR) is 65.6 cm³/mol. The van der Waals surface area contributed by atoms with Crippen molar-refractivity contribution in [3.8, 4) is 0 Å². The Morgan fingerprint density at radius 2 is 2.25 bits per heavy atom. The van der Waals surface area contributed by atoms with Gasteiger partial charge in [-0.15, -0.1) is 0 Å². The molecule has 0 aliphatic carbocycles. The van der Waals surface area contributed by atoms with E-state index >= 15 is 0 Å². The molecule has 1 saturated heterocycles. The normalized spacial score (nSPS) is 22.0. The molecule has 1 amide bonds. The summed E-state index contributed by atoms with van der Waals surface area (Å²) in [5.41, 5.74) is 2.16. The van der Waals surface area contributed by atoms with E-state index in [-0.39, 0.29) is 5.91 Å². The summed E-state index contributed by atoms with van der Waals surface area (Å²) in [6, 6.07) is 0. The van der Waals surface area contributed by atoms with Crippen LogP contribution < -0.4 is 11.3 Å². The number of nitrogens with one attached hydrogen (secondary N) is 1. The zero-order chi connectivity index (χ0) is 11.8. The third-order valence-corrected chi connectivity index (χ3v) is 3.28. The lowest BCUT2D eigenvalue weighted by molar-refractivity contribution is -0.121. The predicted octanol–water partition coefficient (Wildman–Crippen LogP) is 1.27. The van der Waals surface area contributed by atoms with E-state index in [1.54, 1.807) is 0 Å². The van der Waals surface area contributed by atoms with Gasteiger partial charge in [-0.3, -0.25) is 10.2 Å². The van der Waals surface area contributed by atoms with Crippen molar-refractivity contribution < 1.29 is 4.79 Å². The summed E-state index contributed by atoms with van der Waals surface area (Å²) in [6.45, 7) is 6.03. The maximum Gasteiger partial charge on any atom is 0.233 e. The zero-order valence-corrected chi connectivity index (χ0v) is 10.4. The fourth-order valence-corrected chi connectivity index (χ4v) is 2.36. The molecular formula is C12H25N3O. The Kier molecular flexibility index (Phi) is 6.42. The lowest BCUT2D eigenvalue weighted by atomic mass is 10.00. The quantitative estimate of drug-likeness (QED) is 0.311. The number of hydrogen-bond acceptors (Lipinski definition) is 3. The topological polar surface area (TPSA) is 58.4 Å². The highest BCUT2D eigenvalue weighted by Crippen LogP contribution is 2.15. The number of hydrogen-bond donors (Lipinski definition) is 2. The van der Waals surface area contributed by atoms with Crippen LogP contribution in [0, 0.1) is 5.92 Å². The van der Waals surface area contributed by atoms with Crippen molar-refractivity contribution in [3.63, 3.8) is 0 Å². The maximum atomic E-state index is 10.9. The molecule has 1 heterocycles. The summed E-state index contributed by atoms with van der Waals surface area (Å²) in [7, 11) is 0. The van der Waals surface area contributed by atoms with E-state index in [2.05, 4.69) is 17.2 Å². The third kappa shape index (κ3) is 5.47. The summed E-state index contributed by atoms with van der Waals surface area (Å²) < 4.78 is 0. The van der Waals surface area contributed by atoms with Crippen LogP contribution in [0.1, 0.15) is 45.4 Å². The fraction of sp³-hybridized carbons (Fsp3) is 0.917. The lowest BCUT2D eigenvalue weighted by Gasteiger charge is -2.30. The minimum Gasteiger partial charge on any atom is -0.303 e. The van der Waals surface area contributed by atoms with E-state index in [0.717, 1.165) is 18.8 Å². The van der Waals surface area contributed by atoms with E-state index in [4.69, 9.17) is 5.84 Å². The van der Waals surface area contributed by atoms with Crippen LogP contribution in [-0.2, 0) is 4.79 Å². The zero-order valence-electron chi connectivity index (χ0n) is 10.4. The second kappa shape index (κ2) is 7.63. The van der Waals surface area contributed by atoms with Gasteiger partial charge in [0.1, 0.15) is 0 Å². The average Bonchev–Trinajstić information content (AvgIpc) is 2.28. The largest absolute Gasteiger partial charge is 0.303 e. The van der Waals surface area contributed by atoms with Crippen molar-refractivity contribution in [2.24, 2.45) is 11.8 Å². The van der Waals surface area contributed by atoms with Gasteiger partial charge in [0, 0.05) is 13.0 Å². The number of amides is 1. The number of nitrogens with zero attached hydrogens (tertiary/aromatic N) is 1. The van der Waals surface area contributed by atoms with Crippen LogP contribution in [-0.4, -0.2) is 30.4 Å². The number of unbranched alkanes of at least 4 members (excludes halogenated alkanes) is 2. The van der Waals surface area contributed by atoms with Crippen LogP contribution >= 0.6 is 0 Å². The summed E-state index contributed by atoms with van der Waals surface area (Å²) in [6.07, 6.45) is 6.56. The van der Waals surface area contributed by atoms with Gasteiger partial charge in [-0.05, 0) is 44.7 Å². The number of nitrogens with two attached hydrogens (primary N) is 1. The van der Waals surface area contributed by atoms with Gasteiger partial charge in [-0.1, -0.05) is 13.3 Å². The highest BCUT2D eigenvalue weighted by Gasteiger charge is 2.15. The molecule has 1 atom stereocenters. The fourth-order valence-electron chi connectivity index (χ4n) is 2.36. The van der Waals surface area contributed by atoms with E-state index in [0.29, 0.717) is 6.42 Å². The minimum absolute atomic E-state index is 0.0494. The molecule has 0 radical (unpaired) electrons. The Morgan fingerprint density at radius 3 is 2.94 bits per heavy atom. The van der Waals surface area contributed by atoms with Crippen molar-refractivity contribution >= 4 is 5.91 Å². The first kappa shape index (κ1) is 13.5. The molecule has 4 nitrogen and oxygen atoms in total. The molecule has 1 aliphatic rings. The van der Waals surface area contributed by atoms with Crippen LogP contribution in [0.2, 0.25) is 0 Å². The molecule has 1 rings (SSSR count). The molecule has 0 aromatic rings. The number of piperidine rings is 1. The molecule has 94 valence electrons. The standard InChI is InChI=1S/C12H25N3O/c1-11-6-5-9-15(10-11)8-4-2-3-7-12(16)14-13/h11H,2-10,13H2,1H3,(H,14,16). The van der Waals surface area contributed by atoms with Crippen LogP contribution in [0.15, 0.2) is 0 Å². The highest BCUT2D eigenvalue weighted by molar-refractivity contribution is 5.74. The van der Waals surface area contributed by atoms with Crippen molar-refractivity contribution in [3.05, 3.63) is 0 Å². The number of likely N-dealkylation sites (tertiary alicyclic amines) is 1. The van der Waals surface area contributed by atoms with Crippen molar-refractivity contribution in [1.82, 2.24) is 10.3 Å². The molecule has 3 N–H and O–H groups in total. The minimum atomic E-state index is -0.0494. The summed E-state index contributed by atoms with van der Waals surface area (Å²) in [5, 5.41) is 0. The first-order chi connectivity index (χ1) is 7.72. The molecule has 0 saturated carbocycles. The SMILES string of the molecule is CC1CCCN(CCCCCC(=O)NN)C1. The first-order valence-electron chi connectivity index (χ1n) is 6.44. The molecule has 0 bridgehead atoms. The summed E-state index contributed by atoms with van der Waals surface area (Å²) in [5.74, 6) is 5.82. The smallest absolute Gasteiger partial charge is 0.233 e. The van der Waals surface area contributed by atoms with Gasteiger partial charge >= 0.3 is 0 Å². The Bertz CT molecular complexity index is 208. The third-order valence-electron chi connectivity index (χ3n) is 3.28. The molecular weight excluding hydrogens is 202 g/mol. The maximum absolute atomic E-state index is 10.9. The van der Waals surface area contributed by atoms with E-state index in [9.17, 15) is 4.79 Å². The number of rotatable bonds is 6. The lowest BCUT2D eigenvalue weighted by Crippen LogP contribution is -2.35. The monoisotopic (exact) mass is 227 g/mol. The number of hydrazine groups is 1. The molecule has 0 aromatic heterocycles. The Labute approximate surface area is 98.5 Å². The van der Waals surface area contributed by atoms with Crippen LogP contribution in [0.3, 0.4) is 0 Å². The summed E-state index contributed by atoms with van der Waals surface area (Å²) >= 11 is 0. The number of carbonyl (C=O) groups excluding carboxylic acids is 1. The Balaban J connectivity index is 1.96. The highest BCUT2D eigenvalue weighted by atomic mass is 16.2. The average molecular weight is 227 g/mol. The molecule has 1 fully saturated rings. The van der Waals surface area contributed by atoms with E-state index < -0.39 is 0 Å². The van der Waals surface area contributed by atoms with Crippen LogP contribution in [0.5, 0.6) is 0 Å². The van der Waals surface area contributed by atoms with Crippen LogP contribution in [0.25, 0.3) is 0 Å². The molecule has 4 heteroatoms. The van der Waals surface area contributed by atoms with Gasteiger partial charge in [0.15, 0.2) is 0 Å². The van der Waals surface area contributed by atoms with Gasteiger partial charge in [-0.2, -0.15) is 0 Å². The van der Waals surface area contributed by atoms with E-state index in [1.807, 2.05) is 0 Å². The Morgan fingerprint density at radius 1 is 1.44 bits per heavy atom. The van der Waals surface area contributed by atoms with Gasteiger partial charge in [-0.25, -0.2) is 5.84 Å². The molecule has 1 aliphatic heterocycles. The van der Waals surface area contributed by atoms with Gasteiger partial charge < -0.3 is 4.90 Å². The molecule has 16 heavy (non-hydrogen) atoms. The molecule has 1 unspecified atom stereocenters. The van der Waals surface area contributed by atoms with Crippen LogP contribution in [0.4, 0.5) is 0 Å². The first-order valence-corrected chi connectivity index (χ1v) is 6.44. The van der Waals surface area contributed by atoms with E-state index in [1.165, 1.54) is 38.9 Å². The van der Waals surface area contributed by atoms with Crippen molar-refractivity contribution in [2.45, 2.75) is 45.4 Å². The molecule has 0 aromatic carbocycles. The van der Waals surface area contributed by atoms with Crippen molar-refractivity contribution in [1.29, 1.82) is 0 Å².